The molecule has 0 bridgehead atoms. The molecule has 5 heteroatoms. The molecule has 0 fully saturated rings. The van der Waals surface area contributed by atoms with Gasteiger partial charge in [-0.05, 0) is 39.4 Å². The van der Waals surface area contributed by atoms with Gasteiger partial charge in [0.2, 0.25) is 5.95 Å². The number of rotatable bonds is 10. The van der Waals surface area contributed by atoms with E-state index in [1.54, 1.807) is 0 Å². The molecular formula is C16H33N5. The molecule has 1 aromatic rings. The van der Waals surface area contributed by atoms with Crippen LogP contribution >= 0.6 is 0 Å². The maximum Gasteiger partial charge on any atom is 0.204 e. The van der Waals surface area contributed by atoms with Crippen molar-refractivity contribution in [1.82, 2.24) is 19.8 Å². The van der Waals surface area contributed by atoms with Crippen LogP contribution in [0.3, 0.4) is 0 Å². The Bertz CT molecular complexity index is 395. The lowest BCUT2D eigenvalue weighted by molar-refractivity contribution is 0.290. The van der Waals surface area contributed by atoms with E-state index in [9.17, 15) is 0 Å². The van der Waals surface area contributed by atoms with Crippen molar-refractivity contribution in [3.8, 4) is 0 Å². The highest BCUT2D eigenvalue weighted by Crippen LogP contribution is 2.11. The largest absolute Gasteiger partial charge is 0.348 e. The van der Waals surface area contributed by atoms with Gasteiger partial charge in [0.25, 0.3) is 0 Å². The van der Waals surface area contributed by atoms with Gasteiger partial charge in [-0.2, -0.15) is 0 Å². The smallest absolute Gasteiger partial charge is 0.204 e. The number of nitrogens with one attached hydrogen (secondary N) is 1. The molecule has 0 aliphatic carbocycles. The van der Waals surface area contributed by atoms with Crippen molar-refractivity contribution < 1.29 is 0 Å². The molecule has 21 heavy (non-hydrogen) atoms. The molecule has 0 radical (unpaired) electrons. The third kappa shape index (κ3) is 5.67. The first kappa shape index (κ1) is 18.0. The average Bonchev–Trinajstić information content (AvgIpc) is 2.82. The summed E-state index contributed by atoms with van der Waals surface area (Å²) in [5.74, 6) is 1.00. The van der Waals surface area contributed by atoms with E-state index in [1.165, 1.54) is 25.1 Å². The van der Waals surface area contributed by atoms with Gasteiger partial charge in [0.1, 0.15) is 0 Å². The van der Waals surface area contributed by atoms with E-state index in [-0.39, 0.29) is 0 Å². The quantitative estimate of drug-likeness (QED) is 0.717. The van der Waals surface area contributed by atoms with Gasteiger partial charge in [0, 0.05) is 33.7 Å². The molecule has 0 aromatic carbocycles. The van der Waals surface area contributed by atoms with Crippen LogP contribution in [0.4, 0.5) is 5.95 Å². The maximum absolute atomic E-state index is 4.44. The Hall–Kier alpha value is -1.07. The normalized spacial score (nSPS) is 12.9. The molecule has 0 aliphatic heterocycles. The van der Waals surface area contributed by atoms with Gasteiger partial charge < -0.3 is 19.7 Å². The van der Waals surface area contributed by atoms with Crippen LogP contribution in [0.25, 0.3) is 0 Å². The Kier molecular flexibility index (Phi) is 7.75. The third-order valence-electron chi connectivity index (χ3n) is 4.10. The van der Waals surface area contributed by atoms with Crippen LogP contribution in [0.1, 0.15) is 39.3 Å². The van der Waals surface area contributed by atoms with Gasteiger partial charge in [0.05, 0.1) is 11.9 Å². The van der Waals surface area contributed by atoms with E-state index in [0.717, 1.165) is 25.6 Å². The van der Waals surface area contributed by atoms with Gasteiger partial charge in [-0.25, -0.2) is 4.98 Å². The second-order valence-corrected chi connectivity index (χ2v) is 5.95. The summed E-state index contributed by atoms with van der Waals surface area (Å²) in [5.41, 5.74) is 1.23. The summed E-state index contributed by atoms with van der Waals surface area (Å²) in [5, 5.41) is 3.60. The number of hydrogen-bond acceptors (Lipinski definition) is 4. The first-order valence-corrected chi connectivity index (χ1v) is 8.13. The summed E-state index contributed by atoms with van der Waals surface area (Å²) >= 11 is 0. The lowest BCUT2D eigenvalue weighted by Crippen LogP contribution is -2.29. The van der Waals surface area contributed by atoms with Crippen molar-refractivity contribution in [2.24, 2.45) is 7.05 Å². The van der Waals surface area contributed by atoms with E-state index < -0.39 is 0 Å². The van der Waals surface area contributed by atoms with Crippen molar-refractivity contribution >= 4 is 5.95 Å². The average molecular weight is 295 g/mol. The van der Waals surface area contributed by atoms with Gasteiger partial charge in [-0.1, -0.05) is 13.8 Å². The molecule has 0 spiro atoms. The molecule has 0 aliphatic rings. The summed E-state index contributed by atoms with van der Waals surface area (Å²) in [6.07, 6.45) is 4.43. The summed E-state index contributed by atoms with van der Waals surface area (Å²) in [6.45, 7) is 11.1. The predicted octanol–water partition coefficient (Wildman–Crippen LogP) is 2.09. The third-order valence-corrected chi connectivity index (χ3v) is 4.10. The molecule has 1 heterocycles. The highest BCUT2D eigenvalue weighted by Gasteiger charge is 2.09. The lowest BCUT2D eigenvalue weighted by atomic mass is 10.1. The number of anilines is 1. The monoisotopic (exact) mass is 295 g/mol. The summed E-state index contributed by atoms with van der Waals surface area (Å²) < 4.78 is 2.15. The van der Waals surface area contributed by atoms with Crippen molar-refractivity contribution in [3.63, 3.8) is 0 Å². The molecule has 0 saturated heterocycles. The maximum atomic E-state index is 4.44. The highest BCUT2D eigenvalue weighted by atomic mass is 15.3. The Morgan fingerprint density at radius 2 is 1.95 bits per heavy atom. The zero-order chi connectivity index (χ0) is 15.8. The minimum atomic E-state index is 0.540. The molecule has 1 atom stereocenters. The van der Waals surface area contributed by atoms with Crippen LogP contribution in [0.15, 0.2) is 6.20 Å². The van der Waals surface area contributed by atoms with E-state index in [2.05, 4.69) is 47.6 Å². The zero-order valence-corrected chi connectivity index (χ0v) is 14.7. The Balaban J connectivity index is 2.31. The molecule has 1 unspecified atom stereocenters. The SMILES string of the molecule is CCN(CC)CCCC(C)NCc1cnc(N(C)C)n1C. The molecule has 0 amide bonds. The van der Waals surface area contributed by atoms with Crippen molar-refractivity contribution in [2.45, 2.75) is 46.2 Å². The van der Waals surface area contributed by atoms with Crippen LogP contribution in [0.5, 0.6) is 0 Å². The van der Waals surface area contributed by atoms with E-state index >= 15 is 0 Å². The molecule has 5 nitrogen and oxygen atoms in total. The number of aromatic nitrogens is 2. The van der Waals surface area contributed by atoms with Crippen molar-refractivity contribution in [2.75, 3.05) is 38.6 Å². The molecule has 1 aromatic heterocycles. The van der Waals surface area contributed by atoms with Crippen molar-refractivity contribution in [1.29, 1.82) is 0 Å². The lowest BCUT2D eigenvalue weighted by Gasteiger charge is -2.20. The van der Waals surface area contributed by atoms with Crippen molar-refractivity contribution in [3.05, 3.63) is 11.9 Å². The van der Waals surface area contributed by atoms with Crippen LogP contribution in [0.2, 0.25) is 0 Å². The van der Waals surface area contributed by atoms with Gasteiger partial charge in [-0.15, -0.1) is 0 Å². The molecule has 1 rings (SSSR count). The van der Waals surface area contributed by atoms with E-state index in [4.69, 9.17) is 0 Å². The second-order valence-electron chi connectivity index (χ2n) is 5.95. The van der Waals surface area contributed by atoms with Gasteiger partial charge in [0.15, 0.2) is 0 Å². The van der Waals surface area contributed by atoms with Crippen LogP contribution in [-0.2, 0) is 13.6 Å². The fraction of sp³-hybridized carbons (Fsp3) is 0.812. The summed E-state index contributed by atoms with van der Waals surface area (Å²) in [6, 6.07) is 0.540. The molecule has 0 saturated carbocycles. The van der Waals surface area contributed by atoms with Gasteiger partial charge >= 0.3 is 0 Å². The van der Waals surface area contributed by atoms with Gasteiger partial charge in [-0.3, -0.25) is 0 Å². The molecule has 1 N–H and O–H groups in total. The second kappa shape index (κ2) is 9.05. The summed E-state index contributed by atoms with van der Waals surface area (Å²) in [4.78, 5) is 8.96. The van der Waals surface area contributed by atoms with E-state index in [0.29, 0.717) is 6.04 Å². The van der Waals surface area contributed by atoms with E-state index in [1.807, 2.05) is 25.2 Å². The Morgan fingerprint density at radius 3 is 2.48 bits per heavy atom. The number of hydrogen-bond donors (Lipinski definition) is 1. The fourth-order valence-electron chi connectivity index (χ4n) is 2.56. The number of imidazole rings is 1. The minimum Gasteiger partial charge on any atom is -0.348 e. The zero-order valence-electron chi connectivity index (χ0n) is 14.7. The predicted molar refractivity (Wildman–Crippen MR) is 90.9 cm³/mol. The molecular weight excluding hydrogens is 262 g/mol. The molecule has 122 valence electrons. The number of nitrogens with zero attached hydrogens (tertiary/aromatic N) is 4. The van der Waals surface area contributed by atoms with Crippen LogP contribution < -0.4 is 10.2 Å². The Morgan fingerprint density at radius 1 is 1.29 bits per heavy atom. The highest BCUT2D eigenvalue weighted by molar-refractivity contribution is 5.30. The standard InChI is InChI=1S/C16H33N5/c1-7-21(8-2)11-9-10-14(3)17-12-15-13-18-16(19(4)5)20(15)6/h13-14,17H,7-12H2,1-6H3. The first-order valence-electron chi connectivity index (χ1n) is 8.13. The topological polar surface area (TPSA) is 36.3 Å². The van der Waals surface area contributed by atoms with Crippen LogP contribution in [-0.4, -0.2) is 54.2 Å². The van der Waals surface area contributed by atoms with Crippen LogP contribution in [0, 0.1) is 0 Å². The fourth-order valence-corrected chi connectivity index (χ4v) is 2.56. The summed E-state index contributed by atoms with van der Waals surface area (Å²) in [7, 11) is 6.12. The Labute approximate surface area is 130 Å². The minimum absolute atomic E-state index is 0.540. The first-order chi connectivity index (χ1) is 9.99.